The lowest BCUT2D eigenvalue weighted by Crippen LogP contribution is -2.55. The summed E-state index contributed by atoms with van der Waals surface area (Å²) in [4.78, 5) is 15.3. The molecule has 1 aliphatic heterocycles. The molecule has 1 amide bonds. The summed E-state index contributed by atoms with van der Waals surface area (Å²) in [6.45, 7) is 3.16. The number of carbonyl (C=O) groups is 1. The van der Waals surface area contributed by atoms with Gasteiger partial charge in [-0.25, -0.2) is 0 Å². The van der Waals surface area contributed by atoms with Gasteiger partial charge < -0.3 is 15.5 Å². The van der Waals surface area contributed by atoms with E-state index < -0.39 is 0 Å². The molecule has 2 rings (SSSR count). The number of nitrogens with one attached hydrogen (secondary N) is 2. The van der Waals surface area contributed by atoms with Crippen molar-refractivity contribution >= 4 is 17.7 Å². The van der Waals surface area contributed by atoms with Gasteiger partial charge in [0.05, 0.1) is 6.04 Å². The average Bonchev–Trinajstić information content (AvgIpc) is 2.48. The molecule has 1 saturated heterocycles. The van der Waals surface area contributed by atoms with Crippen LogP contribution >= 0.6 is 11.8 Å². The molecule has 4 nitrogen and oxygen atoms in total. The molecule has 5 heteroatoms. The first-order valence-corrected chi connectivity index (χ1v) is 7.75. The Bertz CT molecular complexity index is 415. The van der Waals surface area contributed by atoms with Gasteiger partial charge in [-0.2, -0.15) is 0 Å². The average molecular weight is 279 g/mol. The van der Waals surface area contributed by atoms with Crippen LogP contribution in [-0.4, -0.2) is 49.8 Å². The van der Waals surface area contributed by atoms with E-state index in [-0.39, 0.29) is 11.9 Å². The van der Waals surface area contributed by atoms with E-state index in [1.54, 1.807) is 16.7 Å². The van der Waals surface area contributed by atoms with E-state index in [1.807, 2.05) is 7.05 Å². The highest BCUT2D eigenvalue weighted by atomic mass is 32.2. The summed E-state index contributed by atoms with van der Waals surface area (Å²) in [6.07, 6.45) is 2.06. The van der Waals surface area contributed by atoms with Gasteiger partial charge in [-0.3, -0.25) is 4.79 Å². The summed E-state index contributed by atoms with van der Waals surface area (Å²) in [6, 6.07) is 8.27. The van der Waals surface area contributed by atoms with Gasteiger partial charge in [-0.05, 0) is 24.0 Å². The Morgan fingerprint density at radius 3 is 2.68 bits per heavy atom. The maximum atomic E-state index is 12.2. The van der Waals surface area contributed by atoms with Crippen LogP contribution in [-0.2, 0) is 11.3 Å². The second kappa shape index (κ2) is 6.93. The number of amides is 1. The number of likely N-dealkylation sites (N-methyl/N-ethyl adjacent to an activating group) is 1. The molecule has 1 unspecified atom stereocenters. The molecule has 19 heavy (non-hydrogen) atoms. The van der Waals surface area contributed by atoms with Crippen LogP contribution in [0.2, 0.25) is 0 Å². The highest BCUT2D eigenvalue weighted by Crippen LogP contribution is 2.15. The second-order valence-electron chi connectivity index (χ2n) is 4.75. The molecular weight excluding hydrogens is 258 g/mol. The van der Waals surface area contributed by atoms with Crippen molar-refractivity contribution in [2.24, 2.45) is 0 Å². The third kappa shape index (κ3) is 3.96. The second-order valence-corrected chi connectivity index (χ2v) is 5.63. The Kier molecular flexibility index (Phi) is 5.24. The van der Waals surface area contributed by atoms with Crippen LogP contribution in [0.5, 0.6) is 0 Å². The van der Waals surface area contributed by atoms with E-state index in [4.69, 9.17) is 0 Å². The van der Waals surface area contributed by atoms with Gasteiger partial charge >= 0.3 is 0 Å². The van der Waals surface area contributed by atoms with Crippen LogP contribution in [0.15, 0.2) is 29.2 Å². The molecule has 0 aromatic heterocycles. The summed E-state index contributed by atoms with van der Waals surface area (Å²) in [5.74, 6) is 0.154. The normalized spacial score (nSPS) is 19.2. The number of carbonyl (C=O) groups excluding carboxylic acids is 1. The molecule has 0 radical (unpaired) electrons. The fourth-order valence-electron chi connectivity index (χ4n) is 2.18. The minimum Gasteiger partial charge on any atom is -0.340 e. The maximum Gasteiger partial charge on any atom is 0.241 e. The van der Waals surface area contributed by atoms with Gasteiger partial charge in [0.25, 0.3) is 0 Å². The first-order valence-electron chi connectivity index (χ1n) is 6.52. The van der Waals surface area contributed by atoms with Crippen molar-refractivity contribution in [2.45, 2.75) is 17.5 Å². The molecule has 1 aromatic carbocycles. The first kappa shape index (κ1) is 14.4. The lowest BCUT2D eigenvalue weighted by molar-refractivity contribution is -0.132. The van der Waals surface area contributed by atoms with Crippen molar-refractivity contribution in [1.29, 1.82) is 0 Å². The number of nitrogens with zero attached hydrogens (tertiary/aromatic N) is 1. The number of rotatable bonds is 4. The van der Waals surface area contributed by atoms with Crippen molar-refractivity contribution < 1.29 is 4.79 Å². The highest BCUT2D eigenvalue weighted by Gasteiger charge is 2.23. The summed E-state index contributed by atoms with van der Waals surface area (Å²) < 4.78 is 0. The number of hydrogen-bond acceptors (Lipinski definition) is 4. The number of benzene rings is 1. The Hall–Kier alpha value is -1.04. The lowest BCUT2D eigenvalue weighted by Gasteiger charge is -2.28. The zero-order valence-corrected chi connectivity index (χ0v) is 12.3. The van der Waals surface area contributed by atoms with Gasteiger partial charge in [0.15, 0.2) is 0 Å². The van der Waals surface area contributed by atoms with Gasteiger partial charge in [0, 0.05) is 38.1 Å². The molecule has 1 aromatic rings. The zero-order chi connectivity index (χ0) is 13.7. The van der Waals surface area contributed by atoms with Gasteiger partial charge in [0.1, 0.15) is 0 Å². The van der Waals surface area contributed by atoms with Crippen LogP contribution < -0.4 is 10.6 Å². The Morgan fingerprint density at radius 1 is 1.37 bits per heavy atom. The smallest absolute Gasteiger partial charge is 0.241 e. The lowest BCUT2D eigenvalue weighted by atomic mass is 10.1. The third-order valence-electron chi connectivity index (χ3n) is 3.29. The highest BCUT2D eigenvalue weighted by molar-refractivity contribution is 7.98. The topological polar surface area (TPSA) is 44.4 Å². The molecule has 1 heterocycles. The van der Waals surface area contributed by atoms with Crippen molar-refractivity contribution in [3.63, 3.8) is 0 Å². The van der Waals surface area contributed by atoms with E-state index in [0.717, 1.165) is 18.7 Å². The fourth-order valence-corrected chi connectivity index (χ4v) is 2.58. The fraction of sp³-hybridized carbons (Fsp3) is 0.500. The van der Waals surface area contributed by atoms with Crippen molar-refractivity contribution in [2.75, 3.05) is 32.9 Å². The molecule has 1 atom stereocenters. The third-order valence-corrected chi connectivity index (χ3v) is 4.04. The summed E-state index contributed by atoms with van der Waals surface area (Å²) in [7, 11) is 1.86. The predicted octanol–water partition coefficient (Wildman–Crippen LogP) is 0.928. The molecule has 0 saturated carbocycles. The number of thioether (sulfide) groups is 1. The Labute approximate surface area is 118 Å². The van der Waals surface area contributed by atoms with Crippen LogP contribution in [0, 0.1) is 0 Å². The molecule has 2 N–H and O–H groups in total. The SMILES string of the molecule is CSc1ccc(CN(C)C(=O)C2CNCCN2)cc1. The van der Waals surface area contributed by atoms with Gasteiger partial charge in [-0.1, -0.05) is 12.1 Å². The van der Waals surface area contributed by atoms with Crippen LogP contribution in [0.25, 0.3) is 0 Å². The molecular formula is C14H21N3OS. The largest absolute Gasteiger partial charge is 0.340 e. The molecule has 0 spiro atoms. The molecule has 0 aliphatic carbocycles. The van der Waals surface area contributed by atoms with E-state index >= 15 is 0 Å². The zero-order valence-electron chi connectivity index (χ0n) is 11.5. The summed E-state index contributed by atoms with van der Waals surface area (Å²) in [5.41, 5.74) is 1.16. The van der Waals surface area contributed by atoms with E-state index in [9.17, 15) is 4.79 Å². The van der Waals surface area contributed by atoms with E-state index in [2.05, 4.69) is 41.2 Å². The number of piperazine rings is 1. The monoisotopic (exact) mass is 279 g/mol. The summed E-state index contributed by atoms with van der Waals surface area (Å²) >= 11 is 1.73. The van der Waals surface area contributed by atoms with E-state index in [0.29, 0.717) is 13.1 Å². The van der Waals surface area contributed by atoms with Gasteiger partial charge in [-0.15, -0.1) is 11.8 Å². The standard InChI is InChI=1S/C14H21N3OS/c1-17(14(18)13-9-15-7-8-16-13)10-11-3-5-12(19-2)6-4-11/h3-6,13,15-16H,7-10H2,1-2H3. The molecule has 1 fully saturated rings. The van der Waals surface area contributed by atoms with Crippen LogP contribution in [0.3, 0.4) is 0 Å². The molecule has 104 valence electrons. The van der Waals surface area contributed by atoms with Crippen molar-refractivity contribution in [3.05, 3.63) is 29.8 Å². The minimum atomic E-state index is -0.0933. The molecule has 1 aliphatic rings. The number of hydrogen-bond donors (Lipinski definition) is 2. The first-order chi connectivity index (χ1) is 9.20. The van der Waals surface area contributed by atoms with E-state index in [1.165, 1.54) is 4.90 Å². The summed E-state index contributed by atoms with van der Waals surface area (Å²) in [5, 5.41) is 6.48. The Balaban J connectivity index is 1.91. The van der Waals surface area contributed by atoms with Crippen molar-refractivity contribution in [3.8, 4) is 0 Å². The predicted molar refractivity (Wildman–Crippen MR) is 79.4 cm³/mol. The van der Waals surface area contributed by atoms with Crippen molar-refractivity contribution in [1.82, 2.24) is 15.5 Å². The maximum absolute atomic E-state index is 12.2. The minimum absolute atomic E-state index is 0.0933. The van der Waals surface area contributed by atoms with Crippen LogP contribution in [0.4, 0.5) is 0 Å². The quantitative estimate of drug-likeness (QED) is 0.805. The van der Waals surface area contributed by atoms with Gasteiger partial charge in [0.2, 0.25) is 5.91 Å². The molecule has 0 bridgehead atoms. The van der Waals surface area contributed by atoms with Crippen LogP contribution in [0.1, 0.15) is 5.56 Å². The Morgan fingerprint density at radius 2 is 2.11 bits per heavy atom.